The zero-order valence-electron chi connectivity index (χ0n) is 12.7. The van der Waals surface area contributed by atoms with Gasteiger partial charge in [0.1, 0.15) is 11.8 Å². The van der Waals surface area contributed by atoms with Crippen molar-refractivity contribution in [1.29, 1.82) is 0 Å². The zero-order chi connectivity index (χ0) is 16.0. The van der Waals surface area contributed by atoms with Crippen LogP contribution >= 0.6 is 0 Å². The van der Waals surface area contributed by atoms with E-state index in [1.165, 1.54) is 0 Å². The number of benzene rings is 1. The number of hydrogen-bond acceptors (Lipinski definition) is 3. The first-order chi connectivity index (χ1) is 9.83. The first kappa shape index (κ1) is 16.9. The number of rotatable bonds is 7. The Labute approximate surface area is 124 Å². The maximum absolute atomic E-state index is 12.2. The number of carbonyl (C=O) groups excluding carboxylic acids is 3. The molecule has 0 saturated carbocycles. The highest BCUT2D eigenvalue weighted by atomic mass is 16.2. The molecule has 0 heterocycles. The minimum absolute atomic E-state index is 0.0434. The first-order valence-electron chi connectivity index (χ1n) is 7.03. The summed E-state index contributed by atoms with van der Waals surface area (Å²) in [5.41, 5.74) is 7.71. The minimum Gasteiger partial charge on any atom is -0.368 e. The second-order valence-corrected chi connectivity index (χ2v) is 5.24. The van der Waals surface area contributed by atoms with Crippen LogP contribution in [0.3, 0.4) is 0 Å². The molecule has 0 spiro atoms. The van der Waals surface area contributed by atoms with Crippen molar-refractivity contribution in [1.82, 2.24) is 5.32 Å². The summed E-state index contributed by atoms with van der Waals surface area (Å²) in [7, 11) is 0. The SMILES string of the molecule is CCC(=O)CC[C@H](NC(=O)c1cc(C)cc(C)c1)C(N)=O. The molecule has 1 aromatic carbocycles. The van der Waals surface area contributed by atoms with E-state index in [9.17, 15) is 14.4 Å². The molecule has 21 heavy (non-hydrogen) atoms. The lowest BCUT2D eigenvalue weighted by molar-refractivity contribution is -0.121. The summed E-state index contributed by atoms with van der Waals surface area (Å²) in [6.07, 6.45) is 0.881. The van der Waals surface area contributed by atoms with Gasteiger partial charge in [-0.25, -0.2) is 0 Å². The molecule has 114 valence electrons. The second-order valence-electron chi connectivity index (χ2n) is 5.24. The van der Waals surface area contributed by atoms with Gasteiger partial charge < -0.3 is 11.1 Å². The van der Waals surface area contributed by atoms with Gasteiger partial charge >= 0.3 is 0 Å². The number of nitrogens with one attached hydrogen (secondary N) is 1. The number of nitrogens with two attached hydrogens (primary N) is 1. The van der Waals surface area contributed by atoms with Gasteiger partial charge in [-0.2, -0.15) is 0 Å². The Kier molecular flexibility index (Phi) is 6.09. The maximum Gasteiger partial charge on any atom is 0.251 e. The molecule has 1 aromatic rings. The van der Waals surface area contributed by atoms with E-state index in [1.807, 2.05) is 19.9 Å². The molecule has 0 saturated heterocycles. The molecular formula is C16H22N2O3. The van der Waals surface area contributed by atoms with Gasteiger partial charge in [-0.15, -0.1) is 0 Å². The predicted octanol–water partition coefficient (Wildman–Crippen LogP) is 1.65. The van der Waals surface area contributed by atoms with Gasteiger partial charge in [0.05, 0.1) is 0 Å². The van der Waals surface area contributed by atoms with Crippen LogP contribution in [0, 0.1) is 13.8 Å². The minimum atomic E-state index is -0.825. The van der Waals surface area contributed by atoms with Gasteiger partial charge in [-0.1, -0.05) is 24.1 Å². The molecule has 3 N–H and O–H groups in total. The lowest BCUT2D eigenvalue weighted by atomic mass is 10.0. The van der Waals surface area contributed by atoms with E-state index < -0.39 is 11.9 Å². The van der Waals surface area contributed by atoms with Gasteiger partial charge in [-0.05, 0) is 32.4 Å². The van der Waals surface area contributed by atoms with Gasteiger partial charge in [0.25, 0.3) is 5.91 Å². The van der Waals surface area contributed by atoms with Crippen LogP contribution in [0.4, 0.5) is 0 Å². The summed E-state index contributed by atoms with van der Waals surface area (Å²) < 4.78 is 0. The number of hydrogen-bond donors (Lipinski definition) is 2. The quantitative estimate of drug-likeness (QED) is 0.800. The highest BCUT2D eigenvalue weighted by Gasteiger charge is 2.20. The zero-order valence-corrected chi connectivity index (χ0v) is 12.7. The fourth-order valence-electron chi connectivity index (χ4n) is 2.12. The van der Waals surface area contributed by atoms with Crippen LogP contribution < -0.4 is 11.1 Å². The van der Waals surface area contributed by atoms with E-state index in [-0.39, 0.29) is 24.5 Å². The van der Waals surface area contributed by atoms with E-state index in [0.29, 0.717) is 12.0 Å². The van der Waals surface area contributed by atoms with Gasteiger partial charge in [0.15, 0.2) is 0 Å². The summed E-state index contributed by atoms with van der Waals surface area (Å²) in [6.45, 7) is 5.56. The van der Waals surface area contributed by atoms with Crippen LogP contribution in [0.2, 0.25) is 0 Å². The maximum atomic E-state index is 12.2. The number of carbonyl (C=O) groups is 3. The van der Waals surface area contributed by atoms with Gasteiger partial charge in [-0.3, -0.25) is 14.4 Å². The molecular weight excluding hydrogens is 268 g/mol. The van der Waals surface area contributed by atoms with Crippen LogP contribution in [0.1, 0.15) is 47.7 Å². The van der Waals surface area contributed by atoms with Crippen LogP contribution in [0.15, 0.2) is 18.2 Å². The molecule has 0 aliphatic carbocycles. The van der Waals surface area contributed by atoms with Crippen LogP contribution in [-0.2, 0) is 9.59 Å². The number of Topliss-reactive ketones (excluding diaryl/α,β-unsaturated/α-hetero) is 1. The summed E-state index contributed by atoms with van der Waals surface area (Å²) in [5.74, 6) is -0.937. The summed E-state index contributed by atoms with van der Waals surface area (Å²) in [6, 6.07) is 4.63. The van der Waals surface area contributed by atoms with Crippen molar-refractivity contribution in [2.45, 2.75) is 46.1 Å². The fourth-order valence-corrected chi connectivity index (χ4v) is 2.12. The van der Waals surface area contributed by atoms with Gasteiger partial charge in [0.2, 0.25) is 5.91 Å². The van der Waals surface area contributed by atoms with Crippen molar-refractivity contribution in [3.8, 4) is 0 Å². The normalized spacial score (nSPS) is 11.8. The monoisotopic (exact) mass is 290 g/mol. The van der Waals surface area contributed by atoms with Crippen LogP contribution in [-0.4, -0.2) is 23.6 Å². The second kappa shape index (κ2) is 7.57. The number of aryl methyl sites for hydroxylation is 2. The first-order valence-corrected chi connectivity index (χ1v) is 7.03. The third kappa shape index (κ3) is 5.38. The number of ketones is 1. The van der Waals surface area contributed by atoms with Crippen molar-refractivity contribution in [3.63, 3.8) is 0 Å². The topological polar surface area (TPSA) is 89.3 Å². The molecule has 0 aliphatic heterocycles. The molecule has 1 atom stereocenters. The Morgan fingerprint density at radius 2 is 1.71 bits per heavy atom. The molecule has 2 amide bonds. The Morgan fingerprint density at radius 1 is 1.14 bits per heavy atom. The highest BCUT2D eigenvalue weighted by Crippen LogP contribution is 2.10. The van der Waals surface area contributed by atoms with E-state index in [4.69, 9.17) is 5.73 Å². The van der Waals surface area contributed by atoms with Crippen LogP contribution in [0.5, 0.6) is 0 Å². The van der Waals surface area contributed by atoms with Crippen molar-refractivity contribution < 1.29 is 14.4 Å². The Bertz CT molecular complexity index is 532. The van der Waals surface area contributed by atoms with E-state index in [2.05, 4.69) is 5.32 Å². The lowest BCUT2D eigenvalue weighted by Crippen LogP contribution is -2.44. The molecule has 1 rings (SSSR count). The lowest BCUT2D eigenvalue weighted by Gasteiger charge is -2.15. The predicted molar refractivity (Wildman–Crippen MR) is 80.9 cm³/mol. The van der Waals surface area contributed by atoms with Gasteiger partial charge in [0, 0.05) is 18.4 Å². The smallest absolute Gasteiger partial charge is 0.251 e. The number of primary amides is 1. The highest BCUT2D eigenvalue weighted by molar-refractivity contribution is 5.97. The third-order valence-corrected chi connectivity index (χ3v) is 3.24. The molecule has 0 fully saturated rings. The van der Waals surface area contributed by atoms with Crippen molar-refractivity contribution >= 4 is 17.6 Å². The van der Waals surface area contributed by atoms with E-state index >= 15 is 0 Å². The largest absolute Gasteiger partial charge is 0.368 e. The molecule has 0 unspecified atom stereocenters. The van der Waals surface area contributed by atoms with Crippen molar-refractivity contribution in [2.24, 2.45) is 5.73 Å². The summed E-state index contributed by atoms with van der Waals surface area (Å²) in [5, 5.41) is 2.60. The van der Waals surface area contributed by atoms with Crippen molar-refractivity contribution in [2.75, 3.05) is 0 Å². The molecule has 0 radical (unpaired) electrons. The average molecular weight is 290 g/mol. The molecule has 5 heteroatoms. The standard InChI is InChI=1S/C16H22N2O3/c1-4-13(19)5-6-14(15(17)20)18-16(21)12-8-10(2)7-11(3)9-12/h7-9,14H,4-6H2,1-3H3,(H2,17,20)(H,18,21)/t14-/m0/s1. The summed E-state index contributed by atoms with van der Waals surface area (Å²) >= 11 is 0. The third-order valence-electron chi connectivity index (χ3n) is 3.24. The van der Waals surface area contributed by atoms with Crippen molar-refractivity contribution in [3.05, 3.63) is 34.9 Å². The van der Waals surface area contributed by atoms with Crippen LogP contribution in [0.25, 0.3) is 0 Å². The molecule has 0 aromatic heterocycles. The fraction of sp³-hybridized carbons (Fsp3) is 0.438. The summed E-state index contributed by atoms with van der Waals surface area (Å²) in [4.78, 5) is 34.9. The Hall–Kier alpha value is -2.17. The molecule has 0 aliphatic rings. The molecule has 5 nitrogen and oxygen atoms in total. The molecule has 0 bridgehead atoms. The van der Waals surface area contributed by atoms with E-state index in [0.717, 1.165) is 11.1 Å². The average Bonchev–Trinajstić information content (AvgIpc) is 2.41. The van der Waals surface area contributed by atoms with E-state index in [1.54, 1.807) is 19.1 Å². The number of amides is 2. The Balaban J connectivity index is 2.76. The Morgan fingerprint density at radius 3 is 2.19 bits per heavy atom.